The van der Waals surface area contributed by atoms with Gasteiger partial charge in [-0.15, -0.1) is 0 Å². The summed E-state index contributed by atoms with van der Waals surface area (Å²) in [5.74, 6) is -9.00. The van der Waals surface area contributed by atoms with Gasteiger partial charge < -0.3 is 0 Å². The Bertz CT molecular complexity index is 434. The van der Waals surface area contributed by atoms with Crippen LogP contribution >= 0.6 is 0 Å². The number of benzene rings is 1. The van der Waals surface area contributed by atoms with Gasteiger partial charge in [-0.2, -0.15) is 8.78 Å². The van der Waals surface area contributed by atoms with Crippen LogP contribution in [0.3, 0.4) is 0 Å². The maximum absolute atomic E-state index is 14.2. The molecule has 0 N–H and O–H groups in total. The zero-order chi connectivity index (χ0) is 14.8. The van der Waals surface area contributed by atoms with Gasteiger partial charge in [-0.1, -0.05) is 61.4 Å². The lowest BCUT2D eigenvalue weighted by Gasteiger charge is -2.33. The lowest BCUT2D eigenvalue weighted by atomic mass is 9.36. The van der Waals surface area contributed by atoms with Crippen molar-refractivity contribution in [3.8, 4) is 0 Å². The molecular weight excluding hydrogens is 274 g/mol. The molecule has 0 aliphatic carbocycles. The van der Waals surface area contributed by atoms with Crippen molar-refractivity contribution in [2.24, 2.45) is 0 Å². The fourth-order valence-electron chi connectivity index (χ4n) is 2.71. The molecule has 1 aromatic rings. The molecule has 0 radical (unpaired) electrons. The predicted octanol–water partition coefficient (Wildman–Crippen LogP) is 4.11. The van der Waals surface area contributed by atoms with Crippen molar-refractivity contribution in [2.75, 3.05) is 0 Å². The first-order valence-corrected chi connectivity index (χ1v) is 6.82. The van der Waals surface area contributed by atoms with E-state index < -0.39 is 31.0 Å². The fourth-order valence-corrected chi connectivity index (χ4v) is 2.71. The summed E-state index contributed by atoms with van der Waals surface area (Å²) in [7, 11) is 0. The molecule has 0 bridgehead atoms. The van der Waals surface area contributed by atoms with Crippen molar-refractivity contribution in [3.63, 3.8) is 0 Å². The summed E-state index contributed by atoms with van der Waals surface area (Å²) in [6.45, 7) is -1.64. The van der Waals surface area contributed by atoms with Crippen LogP contribution in [-0.2, 0) is 0 Å². The minimum absolute atomic E-state index is 0.0562. The van der Waals surface area contributed by atoms with Crippen LogP contribution in [0.25, 0.3) is 0 Å². The molecule has 1 atom stereocenters. The third-order valence-electron chi connectivity index (χ3n) is 3.93. The molecule has 20 heavy (non-hydrogen) atoms. The minimum Gasteiger partial charge on any atom is -0.241 e. The molecule has 110 valence electrons. The summed E-state index contributed by atoms with van der Waals surface area (Å²) in [4.78, 5) is 0. The van der Waals surface area contributed by atoms with Crippen LogP contribution in [-0.4, -0.2) is 24.6 Å². The second kappa shape index (κ2) is 5.74. The molecule has 1 fully saturated rings. The molecule has 6 heteroatoms. The molecule has 0 amide bonds. The van der Waals surface area contributed by atoms with Crippen molar-refractivity contribution in [2.45, 2.75) is 49.9 Å². The van der Waals surface area contributed by atoms with E-state index in [-0.39, 0.29) is 18.2 Å². The highest BCUT2D eigenvalue weighted by Crippen LogP contribution is 2.43. The SMILES string of the molecule is FC1CCCCCB(c2ccccc2)C(F)(F)C1(F)F. The van der Waals surface area contributed by atoms with Crippen LogP contribution in [0, 0.1) is 0 Å². The molecule has 1 aliphatic rings. The highest BCUT2D eigenvalue weighted by molar-refractivity contribution is 6.75. The van der Waals surface area contributed by atoms with Crippen molar-refractivity contribution in [1.29, 1.82) is 0 Å². The van der Waals surface area contributed by atoms with Gasteiger partial charge in [0.1, 0.15) is 0 Å². The molecule has 2 rings (SSSR count). The lowest BCUT2D eigenvalue weighted by Crippen LogP contribution is -2.61. The third-order valence-corrected chi connectivity index (χ3v) is 3.93. The van der Waals surface area contributed by atoms with E-state index in [9.17, 15) is 22.0 Å². The van der Waals surface area contributed by atoms with Crippen molar-refractivity contribution >= 4 is 12.2 Å². The molecule has 0 nitrogen and oxygen atoms in total. The van der Waals surface area contributed by atoms with Crippen LogP contribution in [0.1, 0.15) is 25.7 Å². The van der Waals surface area contributed by atoms with E-state index in [1.54, 1.807) is 6.07 Å². The minimum atomic E-state index is -4.63. The Morgan fingerprint density at radius 3 is 2.25 bits per heavy atom. The maximum atomic E-state index is 14.2. The van der Waals surface area contributed by atoms with E-state index in [2.05, 4.69) is 0 Å². The van der Waals surface area contributed by atoms with Gasteiger partial charge in [-0.05, 0) is 6.42 Å². The Balaban J connectivity index is 2.41. The summed E-state index contributed by atoms with van der Waals surface area (Å²) in [5, 5.41) is 0. The summed E-state index contributed by atoms with van der Waals surface area (Å²) in [6.07, 6.45) is -2.24. The van der Waals surface area contributed by atoms with Crippen molar-refractivity contribution in [1.82, 2.24) is 0 Å². The topological polar surface area (TPSA) is 0 Å². The second-order valence-corrected chi connectivity index (χ2v) is 5.31. The first kappa shape index (κ1) is 15.3. The van der Waals surface area contributed by atoms with E-state index in [0.29, 0.717) is 12.8 Å². The molecule has 1 aliphatic heterocycles. The molecule has 1 unspecified atom stereocenters. The number of alkyl halides is 5. The number of halogens is 5. The number of hydrogen-bond donors (Lipinski definition) is 0. The Kier molecular flexibility index (Phi) is 4.40. The van der Waals surface area contributed by atoms with Gasteiger partial charge in [0.2, 0.25) is 0 Å². The Morgan fingerprint density at radius 2 is 1.60 bits per heavy atom. The molecule has 0 spiro atoms. The highest BCUT2D eigenvalue weighted by atomic mass is 19.3. The first-order chi connectivity index (χ1) is 9.37. The quantitative estimate of drug-likeness (QED) is 0.539. The monoisotopic (exact) mass is 290 g/mol. The summed E-state index contributed by atoms with van der Waals surface area (Å²) >= 11 is 0. The summed E-state index contributed by atoms with van der Waals surface area (Å²) < 4.78 is 69.6. The zero-order valence-electron chi connectivity index (χ0n) is 11.0. The zero-order valence-corrected chi connectivity index (χ0v) is 11.0. The standard InChI is InChI=1S/C14H16BF5/c16-12-9-5-2-6-10-15(11-7-3-1-4-8-11)14(19,20)13(12,17)18/h1,3-4,7-8,12H,2,5-6,9-10H2. The molecule has 1 saturated heterocycles. The van der Waals surface area contributed by atoms with E-state index >= 15 is 0 Å². The summed E-state index contributed by atoms with van der Waals surface area (Å²) in [6, 6.07) is 7.50. The van der Waals surface area contributed by atoms with Gasteiger partial charge in [-0.25, -0.2) is 13.2 Å². The first-order valence-electron chi connectivity index (χ1n) is 6.82. The second-order valence-electron chi connectivity index (χ2n) is 5.31. The molecule has 1 heterocycles. The summed E-state index contributed by atoms with van der Waals surface area (Å²) in [5.41, 5.74) is 0.145. The third kappa shape index (κ3) is 2.70. The van der Waals surface area contributed by atoms with Crippen molar-refractivity contribution in [3.05, 3.63) is 30.3 Å². The normalized spacial score (nSPS) is 26.4. The van der Waals surface area contributed by atoms with Crippen LogP contribution in [0.15, 0.2) is 30.3 Å². The average molecular weight is 290 g/mol. The van der Waals surface area contributed by atoms with Gasteiger partial charge in [-0.3, -0.25) is 0 Å². The fraction of sp³-hybridized carbons (Fsp3) is 0.571. The van der Waals surface area contributed by atoms with Gasteiger partial charge in [0.05, 0.1) is 0 Å². The lowest BCUT2D eigenvalue weighted by molar-refractivity contribution is -0.199. The van der Waals surface area contributed by atoms with Crippen LogP contribution in [0.4, 0.5) is 22.0 Å². The van der Waals surface area contributed by atoms with E-state index in [1.807, 2.05) is 0 Å². The van der Waals surface area contributed by atoms with E-state index in [4.69, 9.17) is 0 Å². The smallest absolute Gasteiger partial charge is 0.241 e. The molecule has 1 aromatic carbocycles. The Labute approximate surface area is 115 Å². The number of hydrogen-bond acceptors (Lipinski definition) is 0. The van der Waals surface area contributed by atoms with E-state index in [1.165, 1.54) is 24.3 Å². The predicted molar refractivity (Wildman–Crippen MR) is 69.9 cm³/mol. The Hall–Kier alpha value is -1.07. The molecular formula is C14H16BF5. The maximum Gasteiger partial charge on any atom is 0.332 e. The van der Waals surface area contributed by atoms with Gasteiger partial charge >= 0.3 is 5.92 Å². The molecule has 0 saturated carbocycles. The largest absolute Gasteiger partial charge is 0.332 e. The van der Waals surface area contributed by atoms with Crippen LogP contribution in [0.5, 0.6) is 0 Å². The van der Waals surface area contributed by atoms with Crippen molar-refractivity contribution < 1.29 is 22.0 Å². The number of rotatable bonds is 1. The highest BCUT2D eigenvalue weighted by Gasteiger charge is 2.66. The van der Waals surface area contributed by atoms with Crippen LogP contribution < -0.4 is 5.46 Å². The van der Waals surface area contributed by atoms with E-state index in [0.717, 1.165) is 0 Å². The van der Waals surface area contributed by atoms with Gasteiger partial charge in [0, 0.05) is 0 Å². The molecule has 0 aromatic heterocycles. The van der Waals surface area contributed by atoms with Gasteiger partial charge in [0.15, 0.2) is 6.17 Å². The Morgan fingerprint density at radius 1 is 0.950 bits per heavy atom. The average Bonchev–Trinajstić information content (AvgIpc) is 2.45. The van der Waals surface area contributed by atoms with Gasteiger partial charge in [0.25, 0.3) is 12.5 Å². The van der Waals surface area contributed by atoms with Crippen LogP contribution in [0.2, 0.25) is 6.32 Å².